The molecule has 1 nitrogen and oxygen atoms in total. The Labute approximate surface area is 50.6 Å². The molecule has 0 aromatic carbocycles. The largest absolute Gasteiger partial charge is 0.693 e. The molecule has 0 unspecified atom stereocenters. The van der Waals surface area contributed by atoms with Gasteiger partial charge in [-0.25, -0.2) is 0 Å². The van der Waals surface area contributed by atoms with E-state index in [1.54, 1.807) is 6.92 Å². The van der Waals surface area contributed by atoms with E-state index in [2.05, 4.69) is 12.2 Å². The minimum atomic E-state index is 0. The minimum Gasteiger partial charge on any atom is -0.693 e. The summed E-state index contributed by atoms with van der Waals surface area (Å²) in [5.74, 6) is 0. The number of hydrogen-bond donors (Lipinski definition) is 0. The van der Waals surface area contributed by atoms with Crippen LogP contribution in [-0.4, -0.2) is 4.99 Å². The molecule has 0 aromatic heterocycles. The van der Waals surface area contributed by atoms with Crippen molar-refractivity contribution in [3.05, 3.63) is 5.73 Å². The van der Waals surface area contributed by atoms with Gasteiger partial charge in [0.1, 0.15) is 0 Å². The Morgan fingerprint density at radius 3 is 1.67 bits per heavy atom. The van der Waals surface area contributed by atoms with E-state index in [0.717, 1.165) is 0 Å². The van der Waals surface area contributed by atoms with E-state index in [0.29, 0.717) is 0 Å². The van der Waals surface area contributed by atoms with Gasteiger partial charge in [-0.15, -0.1) is 17.2 Å². The van der Waals surface area contributed by atoms with Crippen LogP contribution in [0.5, 0.6) is 0 Å². The fourth-order valence-electron chi connectivity index (χ4n) is 0. The fourth-order valence-corrected chi connectivity index (χ4v) is 0. The Bertz CT molecular complexity index is 36.5. The molecule has 4 heteroatoms. The predicted octanol–water partition coefficient (Wildman–Crippen LogP) is 1.38. The first kappa shape index (κ1) is 17.7. The maximum atomic E-state index is 6.31. The zero-order valence-electron chi connectivity index (χ0n) is 3.49. The number of thiocarbonyl (C=S) groups is 1. The van der Waals surface area contributed by atoms with Crippen LogP contribution in [0.3, 0.4) is 0 Å². The summed E-state index contributed by atoms with van der Waals surface area (Å²) in [6, 6.07) is 0. The van der Waals surface area contributed by atoms with Crippen LogP contribution in [0.4, 0.5) is 0 Å². The van der Waals surface area contributed by atoms with Crippen molar-refractivity contribution < 1.29 is 20.4 Å². The van der Waals surface area contributed by atoms with Gasteiger partial charge in [0, 0.05) is 20.4 Å². The quantitative estimate of drug-likeness (QED) is 0.437. The third kappa shape index (κ3) is 115. The third-order valence-electron chi connectivity index (χ3n) is 0. The summed E-state index contributed by atoms with van der Waals surface area (Å²) in [5.41, 5.74) is 6.31. The van der Waals surface area contributed by atoms with E-state index in [4.69, 9.17) is 5.73 Å². The van der Waals surface area contributed by atoms with Crippen molar-refractivity contribution in [3.63, 3.8) is 0 Å². The first-order chi connectivity index (χ1) is 1.73. The van der Waals surface area contributed by atoms with Gasteiger partial charge in [-0.3, -0.25) is 0 Å². The van der Waals surface area contributed by atoms with E-state index in [1.165, 1.54) is 0 Å². The standard InChI is InChI=1S/C2H5NS.Re.Rf/c1-2(3)4;;/h1H3,(H2,3,4);;/p-1. The van der Waals surface area contributed by atoms with Crippen LogP contribution in [0.25, 0.3) is 5.73 Å². The molecule has 0 atom stereocenters. The van der Waals surface area contributed by atoms with Crippen molar-refractivity contribution in [2.45, 2.75) is 6.92 Å². The molecular weight excluding hydrogens is 523 g/mol. The molecule has 0 saturated carbocycles. The molecule has 6 heavy (non-hydrogen) atoms. The van der Waals surface area contributed by atoms with E-state index < -0.39 is 0 Å². The van der Waals surface area contributed by atoms with Crippen LogP contribution in [-0.2, 0) is 20.4 Å². The Morgan fingerprint density at radius 1 is 1.67 bits per heavy atom. The van der Waals surface area contributed by atoms with Crippen molar-refractivity contribution in [1.29, 1.82) is 0 Å². The monoisotopic (exact) mass is 528 g/mol. The Balaban J connectivity index is -0.0000000450. The number of hydrogen-bond acceptors (Lipinski definition) is 1. The molecule has 0 amide bonds. The van der Waals surface area contributed by atoms with Crippen molar-refractivity contribution in [2.24, 2.45) is 0 Å². The molecular formula is C2H4NReRfS-. The molecule has 0 heterocycles. The third-order valence-corrected chi connectivity index (χ3v) is 0. The SMILES string of the molecule is CC([NH-])=S.[Re].[Rf]. The van der Waals surface area contributed by atoms with Crippen LogP contribution in [0.1, 0.15) is 6.92 Å². The molecule has 0 aliphatic rings. The Kier molecular flexibility index (Phi) is 26.0. The average molecular weight is 527 g/mol. The summed E-state index contributed by atoms with van der Waals surface area (Å²) < 4.78 is 0. The molecule has 0 fully saturated rings. The van der Waals surface area contributed by atoms with Gasteiger partial charge in [-0.05, 0) is 0 Å². The van der Waals surface area contributed by atoms with Crippen molar-refractivity contribution >= 4 is 17.2 Å². The van der Waals surface area contributed by atoms with Crippen LogP contribution >= 0.6 is 12.2 Å². The summed E-state index contributed by atoms with van der Waals surface area (Å²) in [5, 5.41) is 0. The smallest absolute Gasteiger partial charge is 0 e. The predicted molar refractivity (Wildman–Crippen MR) is 22.6 cm³/mol. The summed E-state index contributed by atoms with van der Waals surface area (Å²) in [7, 11) is 0. The van der Waals surface area contributed by atoms with Gasteiger partial charge in [0.05, 0.1) is 0 Å². The van der Waals surface area contributed by atoms with Gasteiger partial charge >= 0.3 is 0 Å². The van der Waals surface area contributed by atoms with E-state index in [-0.39, 0.29) is 25.4 Å². The Hall–Kier alpha value is -0.448. The summed E-state index contributed by atoms with van der Waals surface area (Å²) in [4.78, 5) is 0.250. The van der Waals surface area contributed by atoms with Crippen LogP contribution in [0, 0.1) is 0 Å². The fraction of sp³-hybridized carbons (Fsp3) is 0.500. The first-order valence-electron chi connectivity index (χ1n) is 0.954. The van der Waals surface area contributed by atoms with Gasteiger partial charge in [0.2, 0.25) is 0 Å². The molecule has 0 bridgehead atoms. The van der Waals surface area contributed by atoms with Gasteiger partial charge in [-0.2, -0.15) is 0 Å². The second kappa shape index (κ2) is 8.82. The topological polar surface area (TPSA) is 23.8 Å². The van der Waals surface area contributed by atoms with Crippen molar-refractivity contribution in [2.75, 3.05) is 0 Å². The molecule has 0 spiro atoms. The zero-order chi connectivity index (χ0) is 3.58. The maximum Gasteiger partial charge on any atom is 0 e. The zero-order valence-corrected chi connectivity index (χ0v) is 13.4. The van der Waals surface area contributed by atoms with Crippen molar-refractivity contribution in [3.8, 4) is 0 Å². The van der Waals surface area contributed by atoms with Crippen LogP contribution < -0.4 is 0 Å². The van der Waals surface area contributed by atoms with Crippen LogP contribution in [0.2, 0.25) is 0 Å². The first-order valence-corrected chi connectivity index (χ1v) is 1.36. The van der Waals surface area contributed by atoms with Gasteiger partial charge in [-0.1, -0.05) is 6.92 Å². The molecule has 0 saturated heterocycles. The maximum absolute atomic E-state index is 6.31. The molecule has 0 aliphatic carbocycles. The average Bonchev–Trinajstić information content (AvgIpc) is 0.811. The summed E-state index contributed by atoms with van der Waals surface area (Å²) in [6.07, 6.45) is 0. The molecule has 0 rings (SSSR count). The molecule has 1 N–H and O–H groups in total. The van der Waals surface area contributed by atoms with Gasteiger partial charge in [0.15, 0.2) is 0 Å². The van der Waals surface area contributed by atoms with E-state index in [1.807, 2.05) is 0 Å². The number of nitrogens with one attached hydrogen (secondary N) is 1. The van der Waals surface area contributed by atoms with Crippen LogP contribution in [0.15, 0.2) is 0 Å². The van der Waals surface area contributed by atoms with E-state index >= 15 is 0 Å². The second-order valence-electron chi connectivity index (χ2n) is 0.556. The summed E-state index contributed by atoms with van der Waals surface area (Å²) >= 11 is 4.20. The molecule has 0 aromatic rings. The molecule has 0 aliphatic heterocycles. The second-order valence-corrected chi connectivity index (χ2v) is 1.17. The Morgan fingerprint density at radius 2 is 1.67 bits per heavy atom. The van der Waals surface area contributed by atoms with E-state index in [9.17, 15) is 0 Å². The molecule has 33 valence electrons. The molecule has 1 radical (unpaired) electrons. The number of rotatable bonds is 0. The van der Waals surface area contributed by atoms with Crippen molar-refractivity contribution in [1.82, 2.24) is 0 Å². The normalized spacial score (nSPS) is 4.17. The van der Waals surface area contributed by atoms with Gasteiger partial charge < -0.3 is 5.73 Å². The van der Waals surface area contributed by atoms with Gasteiger partial charge in [0.25, 0.3) is 0 Å². The minimum absolute atomic E-state index is 0. The summed E-state index contributed by atoms with van der Waals surface area (Å²) in [6.45, 7) is 1.56.